The van der Waals surface area contributed by atoms with Gasteiger partial charge in [-0.15, -0.1) is 0 Å². The van der Waals surface area contributed by atoms with Gasteiger partial charge in [0.1, 0.15) is 0 Å². The lowest BCUT2D eigenvalue weighted by Crippen LogP contribution is -2.23. The van der Waals surface area contributed by atoms with E-state index in [-0.39, 0.29) is 0 Å². The van der Waals surface area contributed by atoms with Crippen molar-refractivity contribution in [3.63, 3.8) is 0 Å². The first-order chi connectivity index (χ1) is 4.83. The first-order valence-corrected chi connectivity index (χ1v) is 4.23. The minimum absolute atomic E-state index is 0.558. The highest BCUT2D eigenvalue weighted by atomic mass is 32.2. The Kier molecular flexibility index (Phi) is 3.02. The highest BCUT2D eigenvalue weighted by molar-refractivity contribution is 8.13. The Morgan fingerprint density at radius 1 is 1.90 bits per heavy atom. The molecule has 0 bridgehead atoms. The van der Waals surface area contributed by atoms with Gasteiger partial charge in [-0.2, -0.15) is 0 Å². The molecule has 0 aliphatic carbocycles. The number of rotatable bonds is 2. The smallest absolute Gasteiger partial charge is 0.153 e. The van der Waals surface area contributed by atoms with Gasteiger partial charge < -0.3 is 10.5 Å². The summed E-state index contributed by atoms with van der Waals surface area (Å²) in [6, 6.07) is 0. The number of hydrogen-bond donors (Lipinski definition) is 1. The monoisotopic (exact) mass is 160 g/mol. The number of thioether (sulfide) groups is 1. The van der Waals surface area contributed by atoms with E-state index in [1.165, 1.54) is 0 Å². The van der Waals surface area contributed by atoms with Crippen molar-refractivity contribution in [2.45, 2.75) is 0 Å². The molecule has 0 aromatic rings. The standard InChI is InChI=1S/C6H12N2OS/c1-9-3-5-2-8-6(7)10-4-5/h5H,2-4H2,1H3,(H2,7,8)/t5-/m0/s1. The van der Waals surface area contributed by atoms with Crippen molar-refractivity contribution in [1.29, 1.82) is 0 Å². The van der Waals surface area contributed by atoms with Crippen LogP contribution in [0.2, 0.25) is 0 Å². The third-order valence-electron chi connectivity index (χ3n) is 1.37. The van der Waals surface area contributed by atoms with Gasteiger partial charge >= 0.3 is 0 Å². The van der Waals surface area contributed by atoms with Crippen LogP contribution in [0.25, 0.3) is 0 Å². The maximum atomic E-state index is 5.47. The van der Waals surface area contributed by atoms with Crippen LogP contribution in [0.15, 0.2) is 4.99 Å². The van der Waals surface area contributed by atoms with Crippen molar-refractivity contribution < 1.29 is 4.74 Å². The average Bonchev–Trinajstić information content (AvgIpc) is 1.95. The summed E-state index contributed by atoms with van der Waals surface area (Å²) in [4.78, 5) is 4.11. The summed E-state index contributed by atoms with van der Waals surface area (Å²) in [5, 5.41) is 0.715. The molecule has 0 aromatic heterocycles. The molecule has 4 heteroatoms. The summed E-state index contributed by atoms with van der Waals surface area (Å²) in [7, 11) is 1.71. The van der Waals surface area contributed by atoms with Gasteiger partial charge in [-0.25, -0.2) is 0 Å². The minimum Gasteiger partial charge on any atom is -0.384 e. The molecule has 0 unspecified atom stereocenters. The summed E-state index contributed by atoms with van der Waals surface area (Å²) in [6.45, 7) is 1.62. The summed E-state index contributed by atoms with van der Waals surface area (Å²) >= 11 is 1.61. The molecule has 0 fully saturated rings. The summed E-state index contributed by atoms with van der Waals surface area (Å²) in [6.07, 6.45) is 0. The van der Waals surface area contributed by atoms with Crippen molar-refractivity contribution in [3.05, 3.63) is 0 Å². The van der Waals surface area contributed by atoms with Crippen LogP contribution in [0.3, 0.4) is 0 Å². The van der Waals surface area contributed by atoms with Gasteiger partial charge in [-0.1, -0.05) is 11.8 Å². The number of amidine groups is 1. The zero-order valence-corrected chi connectivity index (χ0v) is 6.86. The third kappa shape index (κ3) is 2.19. The van der Waals surface area contributed by atoms with Crippen LogP contribution in [0.5, 0.6) is 0 Å². The molecule has 1 rings (SSSR count). The number of nitrogens with two attached hydrogens (primary N) is 1. The van der Waals surface area contributed by atoms with Crippen LogP contribution in [0.1, 0.15) is 0 Å². The Morgan fingerprint density at radius 3 is 3.20 bits per heavy atom. The van der Waals surface area contributed by atoms with Gasteiger partial charge in [-0.3, -0.25) is 4.99 Å². The predicted molar refractivity (Wildman–Crippen MR) is 44.3 cm³/mol. The fraction of sp³-hybridized carbons (Fsp3) is 0.833. The highest BCUT2D eigenvalue weighted by Gasteiger charge is 2.13. The van der Waals surface area contributed by atoms with Crippen molar-refractivity contribution in [1.82, 2.24) is 0 Å². The number of aliphatic imine (C=N–C) groups is 1. The maximum Gasteiger partial charge on any atom is 0.153 e. The second-order valence-corrected chi connectivity index (χ2v) is 3.35. The summed E-state index contributed by atoms with van der Waals surface area (Å²) in [5.41, 5.74) is 5.47. The van der Waals surface area contributed by atoms with Crippen LogP contribution >= 0.6 is 11.8 Å². The fourth-order valence-corrected chi connectivity index (χ4v) is 1.63. The Balaban J connectivity index is 2.27. The Hall–Kier alpha value is -0.220. The predicted octanol–water partition coefficient (Wildman–Crippen LogP) is 0.311. The zero-order chi connectivity index (χ0) is 7.40. The largest absolute Gasteiger partial charge is 0.384 e. The highest BCUT2D eigenvalue weighted by Crippen LogP contribution is 2.14. The van der Waals surface area contributed by atoms with Crippen molar-refractivity contribution in [3.8, 4) is 0 Å². The molecule has 1 aliphatic rings. The zero-order valence-electron chi connectivity index (χ0n) is 6.04. The van der Waals surface area contributed by atoms with Crippen LogP contribution in [-0.4, -0.2) is 31.2 Å². The molecule has 1 heterocycles. The Bertz CT molecular complexity index is 138. The maximum absolute atomic E-state index is 5.47. The Morgan fingerprint density at radius 2 is 2.70 bits per heavy atom. The summed E-state index contributed by atoms with van der Waals surface area (Å²) in [5.74, 6) is 1.60. The molecule has 1 atom stereocenters. The van der Waals surface area contributed by atoms with Crippen LogP contribution in [0.4, 0.5) is 0 Å². The molecule has 10 heavy (non-hydrogen) atoms. The van der Waals surface area contributed by atoms with E-state index in [1.807, 2.05) is 0 Å². The fourth-order valence-electron chi connectivity index (χ4n) is 0.857. The quantitative estimate of drug-likeness (QED) is 0.632. The molecule has 0 radical (unpaired) electrons. The molecule has 1 aliphatic heterocycles. The molecule has 0 saturated carbocycles. The van der Waals surface area contributed by atoms with Gasteiger partial charge in [0.25, 0.3) is 0 Å². The Labute approximate surface area is 65.0 Å². The lowest BCUT2D eigenvalue weighted by atomic mass is 10.2. The van der Waals surface area contributed by atoms with Crippen LogP contribution in [0, 0.1) is 5.92 Å². The molecule has 58 valence electrons. The number of methoxy groups -OCH3 is 1. The second kappa shape index (κ2) is 3.83. The molecule has 0 spiro atoms. The van der Waals surface area contributed by atoms with E-state index in [1.54, 1.807) is 18.9 Å². The SMILES string of the molecule is COC[C@@H]1CN=C(N)SC1. The number of hydrogen-bond acceptors (Lipinski definition) is 4. The lowest BCUT2D eigenvalue weighted by Gasteiger charge is -2.17. The number of ether oxygens (including phenoxy) is 1. The normalized spacial score (nSPS) is 26.1. The van der Waals surface area contributed by atoms with Crippen molar-refractivity contribution >= 4 is 16.9 Å². The first kappa shape index (κ1) is 7.88. The van der Waals surface area contributed by atoms with Gasteiger partial charge in [0, 0.05) is 25.3 Å². The van der Waals surface area contributed by atoms with Crippen LogP contribution in [-0.2, 0) is 4.74 Å². The molecule has 0 aromatic carbocycles. The van der Waals surface area contributed by atoms with Crippen LogP contribution < -0.4 is 5.73 Å². The molecule has 0 amide bonds. The van der Waals surface area contributed by atoms with Crippen molar-refractivity contribution in [2.24, 2.45) is 16.6 Å². The topological polar surface area (TPSA) is 47.6 Å². The number of nitrogens with zero attached hydrogens (tertiary/aromatic N) is 1. The van der Waals surface area contributed by atoms with E-state index in [9.17, 15) is 0 Å². The lowest BCUT2D eigenvalue weighted by molar-refractivity contribution is 0.164. The molecule has 2 N–H and O–H groups in total. The molecular formula is C6H12N2OS. The van der Waals surface area contributed by atoms with E-state index < -0.39 is 0 Å². The van der Waals surface area contributed by atoms with Crippen molar-refractivity contribution in [2.75, 3.05) is 26.0 Å². The van der Waals surface area contributed by atoms with E-state index in [0.717, 1.165) is 18.9 Å². The second-order valence-electron chi connectivity index (χ2n) is 2.31. The van der Waals surface area contributed by atoms with Gasteiger partial charge in [0.2, 0.25) is 0 Å². The van der Waals surface area contributed by atoms with E-state index in [0.29, 0.717) is 11.1 Å². The van der Waals surface area contributed by atoms with Gasteiger partial charge in [-0.05, 0) is 0 Å². The molecule has 3 nitrogen and oxygen atoms in total. The van der Waals surface area contributed by atoms with E-state index in [4.69, 9.17) is 10.5 Å². The third-order valence-corrected chi connectivity index (χ3v) is 2.44. The molecule has 0 saturated heterocycles. The summed E-state index contributed by atoms with van der Waals surface area (Å²) < 4.78 is 4.99. The van der Waals surface area contributed by atoms with Gasteiger partial charge in [0.05, 0.1) is 6.61 Å². The first-order valence-electron chi connectivity index (χ1n) is 3.24. The van der Waals surface area contributed by atoms with E-state index in [2.05, 4.69) is 4.99 Å². The van der Waals surface area contributed by atoms with Gasteiger partial charge in [0.15, 0.2) is 5.17 Å². The average molecular weight is 160 g/mol. The minimum atomic E-state index is 0.558. The van der Waals surface area contributed by atoms with E-state index >= 15 is 0 Å². The molecular weight excluding hydrogens is 148 g/mol.